The van der Waals surface area contributed by atoms with Crippen LogP contribution in [0.4, 0.5) is 5.95 Å². The van der Waals surface area contributed by atoms with E-state index in [2.05, 4.69) is 9.97 Å². The van der Waals surface area contributed by atoms with E-state index in [1.165, 1.54) is 4.90 Å². The summed E-state index contributed by atoms with van der Waals surface area (Å²) < 4.78 is 0. The van der Waals surface area contributed by atoms with Crippen LogP contribution in [0.5, 0.6) is 0 Å². The molecule has 18 heavy (non-hydrogen) atoms. The third-order valence-electron chi connectivity index (χ3n) is 2.35. The molecular weight excluding hydrogens is 236 g/mol. The fourth-order valence-corrected chi connectivity index (χ4v) is 1.27. The van der Waals surface area contributed by atoms with Gasteiger partial charge in [-0.2, -0.15) is 0 Å². The molecule has 1 amide bonds. The Morgan fingerprint density at radius 3 is 2.44 bits per heavy atom. The number of rotatable bonds is 6. The van der Waals surface area contributed by atoms with Gasteiger partial charge in [0.15, 0.2) is 0 Å². The van der Waals surface area contributed by atoms with Gasteiger partial charge in [-0.3, -0.25) is 9.59 Å². The molecule has 1 rings (SSSR count). The van der Waals surface area contributed by atoms with Crippen molar-refractivity contribution in [1.82, 2.24) is 14.9 Å². The lowest BCUT2D eigenvalue weighted by atomic mass is 10.4. The van der Waals surface area contributed by atoms with Crippen LogP contribution in [0.1, 0.15) is 6.42 Å². The third kappa shape index (κ3) is 4.36. The summed E-state index contributed by atoms with van der Waals surface area (Å²) in [6, 6.07) is 1.69. The van der Waals surface area contributed by atoms with Gasteiger partial charge in [0.2, 0.25) is 11.9 Å². The van der Waals surface area contributed by atoms with Crippen LogP contribution in [0, 0.1) is 0 Å². The average Bonchev–Trinajstić information content (AvgIpc) is 2.36. The first-order chi connectivity index (χ1) is 8.50. The average molecular weight is 252 g/mol. The number of anilines is 1. The second kappa shape index (κ2) is 6.53. The third-order valence-corrected chi connectivity index (χ3v) is 2.35. The fraction of sp³-hybridized carbons (Fsp3) is 0.455. The van der Waals surface area contributed by atoms with Crippen molar-refractivity contribution in [1.29, 1.82) is 0 Å². The van der Waals surface area contributed by atoms with Gasteiger partial charge < -0.3 is 14.9 Å². The smallest absolute Gasteiger partial charge is 0.305 e. The van der Waals surface area contributed by atoms with E-state index in [4.69, 9.17) is 5.11 Å². The van der Waals surface area contributed by atoms with Crippen molar-refractivity contribution >= 4 is 17.8 Å². The quantitative estimate of drug-likeness (QED) is 0.757. The molecule has 0 aliphatic carbocycles. The van der Waals surface area contributed by atoms with Gasteiger partial charge in [0, 0.05) is 33.0 Å². The summed E-state index contributed by atoms with van der Waals surface area (Å²) in [6.45, 7) is 0.303. The first-order valence-corrected chi connectivity index (χ1v) is 5.44. The zero-order valence-electron chi connectivity index (χ0n) is 10.4. The summed E-state index contributed by atoms with van der Waals surface area (Å²) in [5.74, 6) is -0.641. The molecule has 0 fully saturated rings. The Morgan fingerprint density at radius 2 is 1.89 bits per heavy atom. The summed E-state index contributed by atoms with van der Waals surface area (Å²) in [5, 5.41) is 8.54. The SMILES string of the molecule is CN(CCC(=O)O)C(=O)CN(C)c1ncccn1. The summed E-state index contributed by atoms with van der Waals surface area (Å²) in [6.07, 6.45) is 3.13. The Labute approximate surface area is 105 Å². The highest BCUT2D eigenvalue weighted by Crippen LogP contribution is 2.02. The van der Waals surface area contributed by atoms with Crippen LogP contribution in [-0.2, 0) is 9.59 Å². The molecule has 0 saturated heterocycles. The van der Waals surface area contributed by atoms with Crippen LogP contribution in [-0.4, -0.2) is 59.0 Å². The van der Waals surface area contributed by atoms with Crippen LogP contribution in [0.15, 0.2) is 18.5 Å². The van der Waals surface area contributed by atoms with Crippen molar-refractivity contribution < 1.29 is 14.7 Å². The Kier molecular flexibility index (Phi) is 5.04. The van der Waals surface area contributed by atoms with E-state index in [1.54, 1.807) is 37.5 Å². The topological polar surface area (TPSA) is 86.6 Å². The minimum absolute atomic E-state index is 0.0617. The first kappa shape index (κ1) is 13.9. The number of nitrogens with zero attached hydrogens (tertiary/aromatic N) is 4. The van der Waals surface area contributed by atoms with Gasteiger partial charge in [-0.1, -0.05) is 0 Å². The Hall–Kier alpha value is -2.18. The highest BCUT2D eigenvalue weighted by molar-refractivity contribution is 5.81. The van der Waals surface area contributed by atoms with E-state index in [9.17, 15) is 9.59 Å². The molecule has 1 N–H and O–H groups in total. The summed E-state index contributed by atoms with van der Waals surface area (Å²) in [5.41, 5.74) is 0. The number of aliphatic carboxylic acids is 1. The number of aromatic nitrogens is 2. The molecule has 0 aromatic carbocycles. The van der Waals surface area contributed by atoms with Gasteiger partial charge in [-0.25, -0.2) is 9.97 Å². The minimum Gasteiger partial charge on any atom is -0.481 e. The molecule has 0 unspecified atom stereocenters. The normalized spacial score (nSPS) is 9.89. The number of carboxylic acids is 1. The zero-order chi connectivity index (χ0) is 13.5. The largest absolute Gasteiger partial charge is 0.481 e. The number of likely N-dealkylation sites (N-methyl/N-ethyl adjacent to an activating group) is 2. The van der Waals surface area contributed by atoms with Crippen LogP contribution < -0.4 is 4.90 Å². The molecule has 1 aromatic rings. The monoisotopic (exact) mass is 252 g/mol. The van der Waals surface area contributed by atoms with Gasteiger partial charge in [0.1, 0.15) is 0 Å². The molecule has 7 heteroatoms. The van der Waals surface area contributed by atoms with Gasteiger partial charge >= 0.3 is 5.97 Å². The molecule has 0 aliphatic rings. The van der Waals surface area contributed by atoms with E-state index in [0.717, 1.165) is 0 Å². The first-order valence-electron chi connectivity index (χ1n) is 5.44. The van der Waals surface area contributed by atoms with Crippen molar-refractivity contribution in [2.24, 2.45) is 0 Å². The lowest BCUT2D eigenvalue weighted by molar-refractivity contribution is -0.138. The lowest BCUT2D eigenvalue weighted by Crippen LogP contribution is -2.38. The molecule has 0 bridgehead atoms. The summed E-state index contributed by atoms with van der Waals surface area (Å²) in [7, 11) is 3.28. The van der Waals surface area contributed by atoms with Crippen molar-refractivity contribution in [3.05, 3.63) is 18.5 Å². The van der Waals surface area contributed by atoms with Gasteiger partial charge in [-0.05, 0) is 6.07 Å². The van der Waals surface area contributed by atoms with Crippen LogP contribution in [0.25, 0.3) is 0 Å². The molecule has 7 nitrogen and oxygen atoms in total. The van der Waals surface area contributed by atoms with Crippen molar-refractivity contribution in [3.8, 4) is 0 Å². The van der Waals surface area contributed by atoms with Crippen LogP contribution in [0.2, 0.25) is 0 Å². The molecule has 98 valence electrons. The fourth-order valence-electron chi connectivity index (χ4n) is 1.27. The van der Waals surface area contributed by atoms with E-state index in [1.807, 2.05) is 0 Å². The number of hydrogen-bond donors (Lipinski definition) is 1. The van der Waals surface area contributed by atoms with E-state index in [-0.39, 0.29) is 25.4 Å². The predicted molar refractivity (Wildman–Crippen MR) is 65.2 cm³/mol. The molecule has 0 aliphatic heterocycles. The zero-order valence-corrected chi connectivity index (χ0v) is 10.4. The minimum atomic E-state index is -0.922. The van der Waals surface area contributed by atoms with Crippen LogP contribution in [0.3, 0.4) is 0 Å². The standard InChI is InChI=1S/C11H16N4O3/c1-14(7-4-10(17)18)9(16)8-15(2)11-12-5-3-6-13-11/h3,5-6H,4,7-8H2,1-2H3,(H,17,18). The molecule has 0 radical (unpaired) electrons. The molecule has 0 spiro atoms. The van der Waals surface area contributed by atoms with Crippen LogP contribution >= 0.6 is 0 Å². The summed E-state index contributed by atoms with van der Waals surface area (Å²) >= 11 is 0. The number of carbonyl (C=O) groups excluding carboxylic acids is 1. The van der Waals surface area contributed by atoms with Gasteiger partial charge in [0.25, 0.3) is 0 Å². The Bertz CT molecular complexity index is 410. The van der Waals surface area contributed by atoms with E-state index >= 15 is 0 Å². The number of amides is 1. The van der Waals surface area contributed by atoms with Crippen molar-refractivity contribution in [2.75, 3.05) is 32.1 Å². The second-order valence-corrected chi connectivity index (χ2v) is 3.86. The predicted octanol–water partition coefficient (Wildman–Crippen LogP) is -0.154. The van der Waals surface area contributed by atoms with E-state index in [0.29, 0.717) is 5.95 Å². The number of carboxylic acid groups (broad SMARTS) is 1. The molecular formula is C11H16N4O3. The highest BCUT2D eigenvalue weighted by Gasteiger charge is 2.14. The second-order valence-electron chi connectivity index (χ2n) is 3.86. The maximum absolute atomic E-state index is 11.8. The number of carbonyl (C=O) groups is 2. The van der Waals surface area contributed by atoms with E-state index < -0.39 is 5.97 Å². The lowest BCUT2D eigenvalue weighted by Gasteiger charge is -2.21. The molecule has 0 saturated carbocycles. The summed E-state index contributed by atoms with van der Waals surface area (Å²) in [4.78, 5) is 33.2. The van der Waals surface area contributed by atoms with Crippen molar-refractivity contribution in [3.63, 3.8) is 0 Å². The Balaban J connectivity index is 2.46. The highest BCUT2D eigenvalue weighted by atomic mass is 16.4. The molecule has 0 atom stereocenters. The van der Waals surface area contributed by atoms with Gasteiger partial charge in [0.05, 0.1) is 13.0 Å². The van der Waals surface area contributed by atoms with Crippen molar-refractivity contribution in [2.45, 2.75) is 6.42 Å². The Morgan fingerprint density at radius 1 is 1.28 bits per heavy atom. The maximum Gasteiger partial charge on any atom is 0.305 e. The van der Waals surface area contributed by atoms with Gasteiger partial charge in [-0.15, -0.1) is 0 Å². The maximum atomic E-state index is 11.8. The number of hydrogen-bond acceptors (Lipinski definition) is 5. The molecule has 1 heterocycles. The molecule has 1 aromatic heterocycles.